The summed E-state index contributed by atoms with van der Waals surface area (Å²) in [5, 5.41) is 13.8. The van der Waals surface area contributed by atoms with Gasteiger partial charge in [-0.05, 0) is 43.5 Å². The molecule has 96 valence electrons. The maximum atomic E-state index is 9.33. The van der Waals surface area contributed by atoms with Gasteiger partial charge in [0, 0.05) is 11.4 Å². The van der Waals surface area contributed by atoms with Crippen LogP contribution in [-0.4, -0.2) is 19.9 Å². The summed E-state index contributed by atoms with van der Waals surface area (Å²) < 4.78 is 1.82. The standard InChI is InChI=1S/C14H19N3O/c1-9(2)13-6-12(8-18)7-14(15-13)17-11(4)5-10(3)16-17/h5-7,9,18H,8H2,1-4H3. The van der Waals surface area contributed by atoms with Crippen molar-refractivity contribution in [1.29, 1.82) is 0 Å². The second kappa shape index (κ2) is 4.90. The molecule has 4 heteroatoms. The minimum absolute atomic E-state index is 0.0224. The fraction of sp³-hybridized carbons (Fsp3) is 0.429. The molecule has 2 aromatic heterocycles. The lowest BCUT2D eigenvalue weighted by Gasteiger charge is -2.11. The van der Waals surface area contributed by atoms with Crippen LogP contribution in [0, 0.1) is 13.8 Å². The lowest BCUT2D eigenvalue weighted by molar-refractivity contribution is 0.281. The van der Waals surface area contributed by atoms with Gasteiger partial charge in [-0.15, -0.1) is 0 Å². The van der Waals surface area contributed by atoms with Gasteiger partial charge in [0.05, 0.1) is 12.3 Å². The Morgan fingerprint density at radius 3 is 2.44 bits per heavy atom. The van der Waals surface area contributed by atoms with Crippen molar-refractivity contribution in [2.24, 2.45) is 0 Å². The zero-order chi connectivity index (χ0) is 13.3. The Balaban J connectivity index is 2.56. The number of hydrogen-bond acceptors (Lipinski definition) is 3. The van der Waals surface area contributed by atoms with Crippen LogP contribution in [0.1, 0.15) is 42.4 Å². The molecule has 0 atom stereocenters. The van der Waals surface area contributed by atoms with Gasteiger partial charge in [-0.3, -0.25) is 0 Å². The van der Waals surface area contributed by atoms with Crippen molar-refractivity contribution in [2.75, 3.05) is 0 Å². The topological polar surface area (TPSA) is 50.9 Å². The Morgan fingerprint density at radius 1 is 1.22 bits per heavy atom. The van der Waals surface area contributed by atoms with Crippen LogP contribution in [0.2, 0.25) is 0 Å². The Kier molecular flexibility index (Phi) is 3.48. The van der Waals surface area contributed by atoms with E-state index in [-0.39, 0.29) is 6.61 Å². The molecule has 4 nitrogen and oxygen atoms in total. The van der Waals surface area contributed by atoms with Crippen LogP contribution in [0.15, 0.2) is 18.2 Å². The molecular formula is C14H19N3O. The zero-order valence-electron chi connectivity index (χ0n) is 11.3. The number of rotatable bonds is 3. The number of aromatic nitrogens is 3. The highest BCUT2D eigenvalue weighted by Crippen LogP contribution is 2.18. The fourth-order valence-corrected chi connectivity index (χ4v) is 1.95. The first-order valence-corrected chi connectivity index (χ1v) is 6.16. The molecule has 0 spiro atoms. The smallest absolute Gasteiger partial charge is 0.154 e. The average molecular weight is 245 g/mol. The molecule has 0 amide bonds. The first kappa shape index (κ1) is 12.8. The van der Waals surface area contributed by atoms with Crippen LogP contribution in [0.25, 0.3) is 5.82 Å². The van der Waals surface area contributed by atoms with Gasteiger partial charge in [0.2, 0.25) is 0 Å². The third kappa shape index (κ3) is 2.43. The van der Waals surface area contributed by atoms with Crippen molar-refractivity contribution in [2.45, 2.75) is 40.2 Å². The maximum absolute atomic E-state index is 9.33. The number of pyridine rings is 1. The zero-order valence-corrected chi connectivity index (χ0v) is 11.3. The molecular weight excluding hydrogens is 226 g/mol. The molecule has 2 heterocycles. The quantitative estimate of drug-likeness (QED) is 0.904. The second-order valence-corrected chi connectivity index (χ2v) is 4.91. The summed E-state index contributed by atoms with van der Waals surface area (Å²) in [4.78, 5) is 4.61. The van der Waals surface area contributed by atoms with Crippen LogP contribution < -0.4 is 0 Å². The van der Waals surface area contributed by atoms with Crippen LogP contribution in [0.5, 0.6) is 0 Å². The molecule has 0 aliphatic heterocycles. The SMILES string of the molecule is Cc1cc(C)n(-c2cc(CO)cc(C(C)C)n2)n1. The highest BCUT2D eigenvalue weighted by Gasteiger charge is 2.10. The van der Waals surface area contributed by atoms with Gasteiger partial charge < -0.3 is 5.11 Å². The van der Waals surface area contributed by atoms with E-state index in [2.05, 4.69) is 23.9 Å². The average Bonchev–Trinajstić information content (AvgIpc) is 2.67. The van der Waals surface area contributed by atoms with Gasteiger partial charge in [0.1, 0.15) is 0 Å². The minimum Gasteiger partial charge on any atom is -0.392 e. The number of aryl methyl sites for hydroxylation is 2. The van der Waals surface area contributed by atoms with E-state index < -0.39 is 0 Å². The van der Waals surface area contributed by atoms with Crippen molar-refractivity contribution in [3.05, 3.63) is 40.8 Å². The van der Waals surface area contributed by atoms with E-state index in [1.165, 1.54) is 0 Å². The van der Waals surface area contributed by atoms with E-state index in [1.54, 1.807) is 0 Å². The first-order chi connectivity index (χ1) is 8.51. The van der Waals surface area contributed by atoms with Gasteiger partial charge in [-0.1, -0.05) is 13.8 Å². The molecule has 0 aliphatic rings. The van der Waals surface area contributed by atoms with Crippen molar-refractivity contribution >= 4 is 0 Å². The van der Waals surface area contributed by atoms with Gasteiger partial charge in [0.15, 0.2) is 5.82 Å². The molecule has 0 aromatic carbocycles. The summed E-state index contributed by atoms with van der Waals surface area (Å²) in [7, 11) is 0. The number of nitrogens with zero attached hydrogens (tertiary/aromatic N) is 3. The summed E-state index contributed by atoms with van der Waals surface area (Å²) in [5.74, 6) is 1.10. The lowest BCUT2D eigenvalue weighted by atomic mass is 10.1. The summed E-state index contributed by atoms with van der Waals surface area (Å²) in [5.41, 5.74) is 3.86. The lowest BCUT2D eigenvalue weighted by Crippen LogP contribution is -2.06. The Hall–Kier alpha value is -1.68. The maximum Gasteiger partial charge on any atom is 0.154 e. The van der Waals surface area contributed by atoms with E-state index in [1.807, 2.05) is 36.7 Å². The van der Waals surface area contributed by atoms with E-state index >= 15 is 0 Å². The molecule has 0 radical (unpaired) electrons. The largest absolute Gasteiger partial charge is 0.392 e. The molecule has 18 heavy (non-hydrogen) atoms. The predicted octanol–water partition coefficient (Wildman–Crippen LogP) is 2.50. The molecule has 0 aliphatic carbocycles. The van der Waals surface area contributed by atoms with Crippen molar-refractivity contribution < 1.29 is 5.11 Å². The minimum atomic E-state index is 0.0224. The Bertz CT molecular complexity index is 558. The molecule has 0 saturated carbocycles. The number of aliphatic hydroxyl groups excluding tert-OH is 1. The fourth-order valence-electron chi connectivity index (χ4n) is 1.95. The number of hydrogen-bond donors (Lipinski definition) is 1. The van der Waals surface area contributed by atoms with Gasteiger partial charge in [0.25, 0.3) is 0 Å². The molecule has 1 N–H and O–H groups in total. The van der Waals surface area contributed by atoms with Crippen LogP contribution in [0.3, 0.4) is 0 Å². The Labute approximate surface area is 107 Å². The summed E-state index contributed by atoms with van der Waals surface area (Å²) in [6.45, 7) is 8.17. The summed E-state index contributed by atoms with van der Waals surface area (Å²) in [6, 6.07) is 5.84. The molecule has 2 aromatic rings. The third-order valence-electron chi connectivity index (χ3n) is 2.89. The van der Waals surface area contributed by atoms with Crippen molar-refractivity contribution in [3.63, 3.8) is 0 Å². The van der Waals surface area contributed by atoms with E-state index in [4.69, 9.17) is 0 Å². The number of aliphatic hydroxyl groups is 1. The molecule has 0 fully saturated rings. The Morgan fingerprint density at radius 2 is 1.94 bits per heavy atom. The highest BCUT2D eigenvalue weighted by atomic mass is 16.3. The van der Waals surface area contributed by atoms with E-state index in [9.17, 15) is 5.11 Å². The monoisotopic (exact) mass is 245 g/mol. The van der Waals surface area contributed by atoms with Gasteiger partial charge in [-0.2, -0.15) is 5.10 Å². The van der Waals surface area contributed by atoms with Crippen LogP contribution in [0.4, 0.5) is 0 Å². The first-order valence-electron chi connectivity index (χ1n) is 6.16. The molecule has 0 bridgehead atoms. The van der Waals surface area contributed by atoms with Crippen molar-refractivity contribution in [1.82, 2.24) is 14.8 Å². The van der Waals surface area contributed by atoms with Crippen LogP contribution >= 0.6 is 0 Å². The molecule has 0 saturated heterocycles. The molecule has 0 unspecified atom stereocenters. The summed E-state index contributed by atoms with van der Waals surface area (Å²) in [6.07, 6.45) is 0. The van der Waals surface area contributed by atoms with E-state index in [0.29, 0.717) is 5.92 Å². The normalized spacial score (nSPS) is 11.2. The summed E-state index contributed by atoms with van der Waals surface area (Å²) >= 11 is 0. The predicted molar refractivity (Wildman–Crippen MR) is 70.8 cm³/mol. The van der Waals surface area contributed by atoms with Gasteiger partial charge >= 0.3 is 0 Å². The van der Waals surface area contributed by atoms with Gasteiger partial charge in [-0.25, -0.2) is 9.67 Å². The molecule has 2 rings (SSSR count). The van der Waals surface area contributed by atoms with Crippen molar-refractivity contribution in [3.8, 4) is 5.82 Å². The third-order valence-corrected chi connectivity index (χ3v) is 2.89. The van der Waals surface area contributed by atoms with E-state index in [0.717, 1.165) is 28.5 Å². The second-order valence-electron chi connectivity index (χ2n) is 4.91. The van der Waals surface area contributed by atoms with Crippen LogP contribution in [-0.2, 0) is 6.61 Å². The highest BCUT2D eigenvalue weighted by molar-refractivity contribution is 5.33.